The van der Waals surface area contributed by atoms with Crippen molar-refractivity contribution in [3.63, 3.8) is 0 Å². The lowest BCUT2D eigenvalue weighted by atomic mass is 10.3. The van der Waals surface area contributed by atoms with Crippen LogP contribution in [-0.4, -0.2) is 33.7 Å². The van der Waals surface area contributed by atoms with Crippen LogP contribution in [-0.2, 0) is 6.61 Å². The normalized spacial score (nSPS) is 27.0. The van der Waals surface area contributed by atoms with Gasteiger partial charge in [-0.25, -0.2) is 0 Å². The number of anilines is 1. The molecule has 1 fully saturated rings. The fourth-order valence-electron chi connectivity index (χ4n) is 1.85. The molecule has 15 heavy (non-hydrogen) atoms. The van der Waals surface area contributed by atoms with Gasteiger partial charge >= 0.3 is 0 Å². The first-order chi connectivity index (χ1) is 7.19. The van der Waals surface area contributed by atoms with Gasteiger partial charge in [-0.1, -0.05) is 13.8 Å². The topological polar surface area (TPSA) is 49.5 Å². The Kier molecular flexibility index (Phi) is 3.21. The maximum absolute atomic E-state index is 8.91. The summed E-state index contributed by atoms with van der Waals surface area (Å²) in [4.78, 5) is 6.37. The average molecular weight is 228 g/mol. The first kappa shape index (κ1) is 10.8. The molecule has 0 amide bonds. The maximum Gasteiger partial charge on any atom is 0.297 e. The summed E-state index contributed by atoms with van der Waals surface area (Å²) in [7, 11) is 0. The molecule has 2 rings (SSSR count). The third kappa shape index (κ3) is 2.46. The fraction of sp³-hybridized carbons (Fsp3) is 0.700. The van der Waals surface area contributed by atoms with Gasteiger partial charge in [-0.3, -0.25) is 0 Å². The predicted octanol–water partition coefficient (Wildman–Crippen LogP) is 1.50. The van der Waals surface area contributed by atoms with Gasteiger partial charge in [-0.05, 0) is 0 Å². The molecular weight excluding hydrogens is 212 g/mol. The minimum atomic E-state index is -0.0583. The van der Waals surface area contributed by atoms with Crippen LogP contribution in [0.5, 0.6) is 0 Å². The molecule has 2 atom stereocenters. The summed E-state index contributed by atoms with van der Waals surface area (Å²) in [5.74, 6) is 0. The van der Waals surface area contributed by atoms with E-state index in [2.05, 4.69) is 23.7 Å². The summed E-state index contributed by atoms with van der Waals surface area (Å²) in [5, 5.41) is 10.1. The van der Waals surface area contributed by atoms with Crippen molar-refractivity contribution in [1.29, 1.82) is 0 Å². The molecule has 1 N–H and O–H groups in total. The lowest BCUT2D eigenvalue weighted by molar-refractivity contribution is 0.276. The van der Waals surface area contributed by atoms with E-state index in [0.717, 1.165) is 13.1 Å². The van der Waals surface area contributed by atoms with Gasteiger partial charge in [0.2, 0.25) is 0 Å². The number of aliphatic hydroxyl groups excluding tert-OH is 1. The number of rotatable bonds is 2. The summed E-state index contributed by atoms with van der Waals surface area (Å²) in [6, 6.07) is 0.637. The Morgan fingerprint density at radius 3 is 2.73 bits per heavy atom. The number of thioether (sulfide) groups is 1. The van der Waals surface area contributed by atoms with Crippen LogP contribution in [0.2, 0.25) is 0 Å². The molecule has 1 aliphatic rings. The van der Waals surface area contributed by atoms with Crippen molar-refractivity contribution >= 4 is 17.8 Å². The smallest absolute Gasteiger partial charge is 0.297 e. The van der Waals surface area contributed by atoms with Crippen molar-refractivity contribution in [3.05, 3.63) is 12.0 Å². The van der Waals surface area contributed by atoms with Crippen LogP contribution in [0.15, 0.2) is 10.7 Å². The predicted molar refractivity (Wildman–Crippen MR) is 61.2 cm³/mol. The SMILES string of the molecule is CC1CN(c2nc(CO)co2)CC(C)S1. The molecule has 0 radical (unpaired) electrons. The molecule has 1 aromatic rings. The highest BCUT2D eigenvalue weighted by Gasteiger charge is 2.25. The fourth-order valence-corrected chi connectivity index (χ4v) is 3.17. The lowest BCUT2D eigenvalue weighted by Crippen LogP contribution is -2.40. The molecule has 1 aromatic heterocycles. The summed E-state index contributed by atoms with van der Waals surface area (Å²) >= 11 is 1.99. The largest absolute Gasteiger partial charge is 0.432 e. The van der Waals surface area contributed by atoms with Gasteiger partial charge in [0.25, 0.3) is 6.01 Å². The van der Waals surface area contributed by atoms with Gasteiger partial charge in [0.1, 0.15) is 12.0 Å². The van der Waals surface area contributed by atoms with E-state index in [9.17, 15) is 0 Å². The van der Waals surface area contributed by atoms with Crippen LogP contribution in [0.4, 0.5) is 6.01 Å². The van der Waals surface area contributed by atoms with Gasteiger partial charge in [0.05, 0.1) is 6.61 Å². The highest BCUT2D eigenvalue weighted by Crippen LogP contribution is 2.27. The molecule has 0 aliphatic carbocycles. The van der Waals surface area contributed by atoms with Gasteiger partial charge in [0.15, 0.2) is 0 Å². The van der Waals surface area contributed by atoms with Crippen molar-refractivity contribution in [2.24, 2.45) is 0 Å². The molecule has 5 heteroatoms. The molecule has 0 bridgehead atoms. The Balaban J connectivity index is 2.09. The summed E-state index contributed by atoms with van der Waals surface area (Å²) in [6.07, 6.45) is 1.52. The summed E-state index contributed by atoms with van der Waals surface area (Å²) < 4.78 is 5.34. The number of hydrogen-bond donors (Lipinski definition) is 1. The minimum Gasteiger partial charge on any atom is -0.432 e. The monoisotopic (exact) mass is 228 g/mol. The van der Waals surface area contributed by atoms with Gasteiger partial charge in [0, 0.05) is 23.6 Å². The second-order valence-electron chi connectivity index (χ2n) is 3.94. The lowest BCUT2D eigenvalue weighted by Gasteiger charge is -2.33. The standard InChI is InChI=1S/C10H16N2O2S/c1-7-3-12(4-8(2)15-7)10-11-9(5-13)6-14-10/h6-8,13H,3-5H2,1-2H3. The van der Waals surface area contributed by atoms with E-state index in [1.165, 1.54) is 6.26 Å². The van der Waals surface area contributed by atoms with Crippen LogP contribution in [0.1, 0.15) is 19.5 Å². The molecule has 0 aromatic carbocycles. The summed E-state index contributed by atoms with van der Waals surface area (Å²) in [5.41, 5.74) is 0.600. The van der Waals surface area contributed by atoms with Crippen molar-refractivity contribution in [3.8, 4) is 0 Å². The van der Waals surface area contributed by atoms with Crippen molar-refractivity contribution < 1.29 is 9.52 Å². The number of nitrogens with zero attached hydrogens (tertiary/aromatic N) is 2. The van der Waals surface area contributed by atoms with Crippen LogP contribution >= 0.6 is 11.8 Å². The van der Waals surface area contributed by atoms with E-state index >= 15 is 0 Å². The third-order valence-electron chi connectivity index (χ3n) is 2.39. The highest BCUT2D eigenvalue weighted by molar-refractivity contribution is 8.00. The Hall–Kier alpha value is -0.680. The summed E-state index contributed by atoms with van der Waals surface area (Å²) in [6.45, 7) is 6.28. The zero-order valence-corrected chi connectivity index (χ0v) is 9.83. The molecule has 2 heterocycles. The van der Waals surface area contributed by atoms with E-state index < -0.39 is 0 Å². The van der Waals surface area contributed by atoms with Crippen LogP contribution in [0, 0.1) is 0 Å². The Labute approximate surface area is 93.7 Å². The van der Waals surface area contributed by atoms with E-state index in [1.54, 1.807) is 0 Å². The van der Waals surface area contributed by atoms with Gasteiger partial charge < -0.3 is 14.4 Å². The Bertz CT molecular complexity index is 319. The molecule has 0 saturated carbocycles. The first-order valence-corrected chi connectivity index (χ1v) is 6.09. The quantitative estimate of drug-likeness (QED) is 0.831. The molecule has 1 aliphatic heterocycles. The second-order valence-corrected chi connectivity index (χ2v) is 5.82. The number of hydrogen-bond acceptors (Lipinski definition) is 5. The zero-order chi connectivity index (χ0) is 10.8. The van der Waals surface area contributed by atoms with Crippen molar-refractivity contribution in [1.82, 2.24) is 4.98 Å². The van der Waals surface area contributed by atoms with Crippen molar-refractivity contribution in [2.75, 3.05) is 18.0 Å². The van der Waals surface area contributed by atoms with E-state index in [-0.39, 0.29) is 6.61 Å². The minimum absolute atomic E-state index is 0.0583. The van der Waals surface area contributed by atoms with E-state index in [1.807, 2.05) is 11.8 Å². The van der Waals surface area contributed by atoms with Crippen LogP contribution < -0.4 is 4.90 Å². The second kappa shape index (κ2) is 4.45. The highest BCUT2D eigenvalue weighted by atomic mass is 32.2. The number of aliphatic hydroxyl groups is 1. The number of aromatic nitrogens is 1. The zero-order valence-electron chi connectivity index (χ0n) is 9.01. The molecule has 2 unspecified atom stereocenters. The molecule has 84 valence electrons. The van der Waals surface area contributed by atoms with E-state index in [0.29, 0.717) is 22.2 Å². The van der Waals surface area contributed by atoms with Gasteiger partial charge in [-0.15, -0.1) is 0 Å². The number of oxazole rings is 1. The molecule has 0 spiro atoms. The van der Waals surface area contributed by atoms with Crippen molar-refractivity contribution in [2.45, 2.75) is 31.0 Å². The molecule has 4 nitrogen and oxygen atoms in total. The average Bonchev–Trinajstić information content (AvgIpc) is 2.64. The first-order valence-electron chi connectivity index (χ1n) is 5.14. The maximum atomic E-state index is 8.91. The molecule has 1 saturated heterocycles. The third-order valence-corrected chi connectivity index (χ3v) is 3.62. The Morgan fingerprint density at radius 2 is 2.20 bits per heavy atom. The Morgan fingerprint density at radius 1 is 1.53 bits per heavy atom. The van der Waals surface area contributed by atoms with Gasteiger partial charge in [-0.2, -0.15) is 16.7 Å². The molecular formula is C10H16N2O2S. The van der Waals surface area contributed by atoms with E-state index in [4.69, 9.17) is 9.52 Å². The van der Waals surface area contributed by atoms with Crippen LogP contribution in [0.25, 0.3) is 0 Å². The van der Waals surface area contributed by atoms with Crippen LogP contribution in [0.3, 0.4) is 0 Å².